The fourth-order valence-corrected chi connectivity index (χ4v) is 6.13. The van der Waals surface area contributed by atoms with Crippen LogP contribution in [0.1, 0.15) is 18.4 Å². The van der Waals surface area contributed by atoms with Gasteiger partial charge in [-0.25, -0.2) is 13.1 Å². The number of alkyl halides is 3. The van der Waals surface area contributed by atoms with Gasteiger partial charge in [-0.05, 0) is 42.7 Å². The van der Waals surface area contributed by atoms with Crippen LogP contribution in [0.2, 0.25) is 0 Å². The summed E-state index contributed by atoms with van der Waals surface area (Å²) in [6.07, 6.45) is -7.61. The number of aliphatic hydroxyl groups is 3. The summed E-state index contributed by atoms with van der Waals surface area (Å²) in [6, 6.07) is 11.4. The first-order chi connectivity index (χ1) is 17.3. The molecule has 9 nitrogen and oxygen atoms in total. The second-order valence-corrected chi connectivity index (χ2v) is 11.4. The third-order valence-corrected chi connectivity index (χ3v) is 7.96. The van der Waals surface area contributed by atoms with E-state index in [1.165, 1.54) is 36.4 Å². The lowest BCUT2D eigenvalue weighted by atomic mass is 9.85. The first kappa shape index (κ1) is 27.6. The van der Waals surface area contributed by atoms with Crippen molar-refractivity contribution in [1.82, 2.24) is 9.62 Å². The standard InChI is InChI=1S/C24H29F3N2O7S/c25-24(26,27)36-18-7-5-16(6-8-18)12-29-13-17(30)11-28-37(33,34)22-4-2-1-3-21(22)35-15-23(14-29)9-19(31)20(32)10-23/h1-8,17,19-20,28,30-32H,9-15H2/t17-,19-,20+,23?/m0/s1. The van der Waals surface area contributed by atoms with E-state index in [2.05, 4.69) is 9.46 Å². The van der Waals surface area contributed by atoms with Gasteiger partial charge in [-0.15, -0.1) is 13.2 Å². The van der Waals surface area contributed by atoms with Crippen LogP contribution in [0, 0.1) is 5.41 Å². The number of benzene rings is 2. The Morgan fingerprint density at radius 1 is 1.05 bits per heavy atom. The van der Waals surface area contributed by atoms with E-state index < -0.39 is 40.1 Å². The number of sulfonamides is 1. The van der Waals surface area contributed by atoms with Crippen molar-refractivity contribution in [1.29, 1.82) is 0 Å². The smallest absolute Gasteiger partial charge is 0.492 e. The van der Waals surface area contributed by atoms with E-state index in [9.17, 15) is 36.9 Å². The predicted octanol–water partition coefficient (Wildman–Crippen LogP) is 1.62. The second-order valence-electron chi connectivity index (χ2n) is 9.65. The molecule has 37 heavy (non-hydrogen) atoms. The molecule has 0 radical (unpaired) electrons. The number of aliphatic hydroxyl groups excluding tert-OH is 3. The Morgan fingerprint density at radius 3 is 2.35 bits per heavy atom. The van der Waals surface area contributed by atoms with Gasteiger partial charge in [0.1, 0.15) is 16.4 Å². The minimum atomic E-state index is -4.81. The van der Waals surface area contributed by atoms with Crippen LogP contribution in [0.25, 0.3) is 0 Å². The van der Waals surface area contributed by atoms with Gasteiger partial charge in [-0.2, -0.15) is 0 Å². The highest BCUT2D eigenvalue weighted by molar-refractivity contribution is 7.89. The number of nitrogens with one attached hydrogen (secondary N) is 1. The van der Waals surface area contributed by atoms with Gasteiger partial charge < -0.3 is 24.8 Å². The molecule has 1 saturated carbocycles. The lowest BCUT2D eigenvalue weighted by molar-refractivity contribution is -0.274. The highest BCUT2D eigenvalue weighted by Gasteiger charge is 2.46. The summed E-state index contributed by atoms with van der Waals surface area (Å²) in [4.78, 5) is 1.72. The molecular formula is C24H29F3N2O7S. The molecule has 0 amide bonds. The Labute approximate surface area is 212 Å². The number of hydrogen-bond donors (Lipinski definition) is 4. The van der Waals surface area contributed by atoms with Crippen molar-refractivity contribution in [2.45, 2.75) is 49.0 Å². The molecule has 4 N–H and O–H groups in total. The van der Waals surface area contributed by atoms with Gasteiger partial charge >= 0.3 is 6.36 Å². The maximum absolute atomic E-state index is 12.9. The molecule has 1 unspecified atom stereocenters. The topological polar surface area (TPSA) is 129 Å². The highest BCUT2D eigenvalue weighted by Crippen LogP contribution is 2.41. The fraction of sp³-hybridized carbons (Fsp3) is 0.500. The van der Waals surface area contributed by atoms with E-state index in [4.69, 9.17) is 4.74 Å². The van der Waals surface area contributed by atoms with Crippen molar-refractivity contribution < 1.29 is 46.4 Å². The zero-order chi connectivity index (χ0) is 26.8. The zero-order valence-corrected chi connectivity index (χ0v) is 20.6. The maximum atomic E-state index is 12.9. The number of β-amino-alcohol motifs (C(OH)–C–C–N with tert-alkyl or cyclic N) is 1. The average Bonchev–Trinajstić information content (AvgIpc) is 3.09. The quantitative estimate of drug-likeness (QED) is 0.458. The first-order valence-electron chi connectivity index (χ1n) is 11.7. The van der Waals surface area contributed by atoms with Crippen LogP contribution < -0.4 is 14.2 Å². The molecule has 0 bridgehead atoms. The minimum Gasteiger partial charge on any atom is -0.492 e. The van der Waals surface area contributed by atoms with Crippen molar-refractivity contribution in [3.8, 4) is 11.5 Å². The van der Waals surface area contributed by atoms with Crippen LogP contribution in [-0.2, 0) is 16.6 Å². The van der Waals surface area contributed by atoms with Gasteiger partial charge in [0.2, 0.25) is 10.0 Å². The van der Waals surface area contributed by atoms with Gasteiger partial charge in [-0.3, -0.25) is 4.90 Å². The molecule has 2 aromatic carbocycles. The molecule has 1 fully saturated rings. The molecule has 2 aromatic rings. The summed E-state index contributed by atoms with van der Waals surface area (Å²) in [5.41, 5.74) is -0.170. The third-order valence-electron chi connectivity index (χ3n) is 6.50. The lowest BCUT2D eigenvalue weighted by Crippen LogP contribution is -2.46. The molecule has 4 rings (SSSR count). The van der Waals surface area contributed by atoms with Crippen LogP contribution >= 0.6 is 0 Å². The number of fused-ring (bicyclic) bond motifs is 1. The SMILES string of the molecule is O=S1(=O)NC[C@H](O)CN(Cc2ccc(OC(F)(F)F)cc2)CC2(COc3ccccc31)C[C@@H](O)[C@@H](O)C2. The number of rotatable bonds is 3. The summed E-state index contributed by atoms with van der Waals surface area (Å²) >= 11 is 0. The Morgan fingerprint density at radius 2 is 1.70 bits per heavy atom. The summed E-state index contributed by atoms with van der Waals surface area (Å²) in [5, 5.41) is 31.4. The molecule has 2 aliphatic rings. The molecule has 0 aromatic heterocycles. The number of ether oxygens (including phenoxy) is 2. The molecule has 0 saturated heterocycles. The van der Waals surface area contributed by atoms with Crippen LogP contribution in [0.15, 0.2) is 53.4 Å². The van der Waals surface area contributed by atoms with Crippen molar-refractivity contribution in [3.05, 3.63) is 54.1 Å². The van der Waals surface area contributed by atoms with Crippen molar-refractivity contribution in [2.75, 3.05) is 26.2 Å². The Bertz CT molecular complexity index is 1170. The van der Waals surface area contributed by atoms with Gasteiger partial charge in [0.25, 0.3) is 0 Å². The van der Waals surface area contributed by atoms with E-state index in [0.29, 0.717) is 5.56 Å². The Kier molecular flexibility index (Phi) is 8.02. The largest absolute Gasteiger partial charge is 0.573 e. The first-order valence-corrected chi connectivity index (χ1v) is 13.2. The summed E-state index contributed by atoms with van der Waals surface area (Å²) in [5.74, 6) is -0.267. The molecule has 204 valence electrons. The van der Waals surface area contributed by atoms with E-state index >= 15 is 0 Å². The maximum Gasteiger partial charge on any atom is 0.573 e. The Hall–Kier alpha value is -2.42. The number of nitrogens with zero attached hydrogens (tertiary/aromatic N) is 1. The van der Waals surface area contributed by atoms with Crippen molar-refractivity contribution in [2.24, 2.45) is 5.41 Å². The Balaban J connectivity index is 1.62. The molecule has 13 heteroatoms. The monoisotopic (exact) mass is 546 g/mol. The zero-order valence-electron chi connectivity index (χ0n) is 19.8. The van der Waals surface area contributed by atoms with E-state index in [1.54, 1.807) is 17.0 Å². The predicted molar refractivity (Wildman–Crippen MR) is 125 cm³/mol. The van der Waals surface area contributed by atoms with Crippen molar-refractivity contribution in [3.63, 3.8) is 0 Å². The van der Waals surface area contributed by atoms with Gasteiger partial charge in [0.05, 0.1) is 24.9 Å². The number of halogens is 3. The fourth-order valence-electron chi connectivity index (χ4n) is 4.92. The highest BCUT2D eigenvalue weighted by atomic mass is 32.2. The number of hydrogen-bond acceptors (Lipinski definition) is 8. The van der Waals surface area contributed by atoms with Crippen LogP contribution in [-0.4, -0.2) is 79.6 Å². The van der Waals surface area contributed by atoms with Gasteiger partial charge in [0.15, 0.2) is 0 Å². The van der Waals surface area contributed by atoms with Gasteiger partial charge in [0, 0.05) is 31.6 Å². The average molecular weight is 547 g/mol. The number of para-hydroxylation sites is 1. The lowest BCUT2D eigenvalue weighted by Gasteiger charge is -2.37. The molecule has 4 atom stereocenters. The van der Waals surface area contributed by atoms with E-state index in [0.717, 1.165) is 0 Å². The summed E-state index contributed by atoms with van der Waals surface area (Å²) < 4.78 is 75.5. The minimum absolute atomic E-state index is 0.0128. The molecule has 1 spiro atoms. The molecule has 1 aliphatic carbocycles. The summed E-state index contributed by atoms with van der Waals surface area (Å²) in [6.45, 7) is 0.163. The van der Waals surface area contributed by atoms with E-state index in [1.807, 2.05) is 0 Å². The van der Waals surface area contributed by atoms with Crippen LogP contribution in [0.5, 0.6) is 11.5 Å². The second kappa shape index (κ2) is 10.8. The van der Waals surface area contributed by atoms with Gasteiger partial charge in [-0.1, -0.05) is 24.3 Å². The summed E-state index contributed by atoms with van der Waals surface area (Å²) in [7, 11) is -4.01. The van der Waals surface area contributed by atoms with Crippen LogP contribution in [0.4, 0.5) is 13.2 Å². The molecular weight excluding hydrogens is 517 g/mol. The third kappa shape index (κ3) is 7.12. The van der Waals surface area contributed by atoms with Crippen molar-refractivity contribution >= 4 is 10.0 Å². The van der Waals surface area contributed by atoms with Crippen LogP contribution in [0.3, 0.4) is 0 Å². The normalized spacial score (nSPS) is 29.1. The molecule has 1 aliphatic heterocycles. The van der Waals surface area contributed by atoms with E-state index in [-0.39, 0.29) is 62.0 Å². The molecule has 1 heterocycles.